The van der Waals surface area contributed by atoms with E-state index in [9.17, 15) is 9.70 Å². The number of benzene rings is 1. The van der Waals surface area contributed by atoms with Crippen molar-refractivity contribution in [2.45, 2.75) is 32.4 Å². The van der Waals surface area contributed by atoms with Crippen molar-refractivity contribution in [3.8, 4) is 0 Å². The predicted octanol–water partition coefficient (Wildman–Crippen LogP) is 4.01. The zero-order chi connectivity index (χ0) is 14.0. The lowest BCUT2D eigenvalue weighted by Gasteiger charge is -2.31. The highest BCUT2D eigenvalue weighted by Gasteiger charge is 2.30. The van der Waals surface area contributed by atoms with Crippen LogP contribution in [0.5, 0.6) is 0 Å². The van der Waals surface area contributed by atoms with Crippen LogP contribution in [0.4, 0.5) is 10.5 Å². The topological polar surface area (TPSA) is 59.0 Å². The third kappa shape index (κ3) is 2.94. The Balaban J connectivity index is 2.35. The highest BCUT2D eigenvalue weighted by Crippen LogP contribution is 2.38. The van der Waals surface area contributed by atoms with Crippen molar-refractivity contribution in [3.63, 3.8) is 0 Å². The van der Waals surface area contributed by atoms with E-state index in [1.165, 1.54) is 0 Å². The molecule has 0 saturated carbocycles. The van der Waals surface area contributed by atoms with E-state index >= 15 is 0 Å². The second-order valence-electron chi connectivity index (χ2n) is 4.70. The third-order valence-electron chi connectivity index (χ3n) is 2.95. The Hall–Kier alpha value is -1.43. The first-order valence-corrected chi connectivity index (χ1v) is 6.92. The number of ether oxygens (including phenoxy) is 1. The zero-order valence-corrected chi connectivity index (χ0v) is 12.4. The summed E-state index contributed by atoms with van der Waals surface area (Å²) in [6.07, 6.45) is -0.0450. The second kappa shape index (κ2) is 5.69. The van der Waals surface area contributed by atoms with Gasteiger partial charge in [-0.2, -0.15) is 4.91 Å². The first-order valence-electron chi connectivity index (χ1n) is 6.13. The van der Waals surface area contributed by atoms with Crippen molar-refractivity contribution >= 4 is 27.7 Å². The van der Waals surface area contributed by atoms with E-state index in [0.717, 1.165) is 10.0 Å². The van der Waals surface area contributed by atoms with Crippen molar-refractivity contribution in [2.24, 2.45) is 5.18 Å². The summed E-state index contributed by atoms with van der Waals surface area (Å²) in [6, 6.07) is 5.06. The number of hydrogen-bond donors (Lipinski definition) is 0. The Labute approximate surface area is 120 Å². The molecule has 0 spiro atoms. The Morgan fingerprint density at radius 2 is 2.26 bits per heavy atom. The fourth-order valence-corrected chi connectivity index (χ4v) is 2.51. The molecule has 1 aliphatic heterocycles. The fourth-order valence-electron chi connectivity index (χ4n) is 2.13. The summed E-state index contributed by atoms with van der Waals surface area (Å²) >= 11 is 3.37. The molecule has 0 aromatic heterocycles. The quantitative estimate of drug-likeness (QED) is 0.771. The monoisotopic (exact) mass is 326 g/mol. The standard InChI is InChI=1S/C13H15BrN2O3/c1-8(2)19-13(17)16-6-5-11(15-18)10-7-9(14)3-4-12(10)16/h3-4,7-8,11H,5-6H2,1-2H3. The Bertz CT molecular complexity index is 505. The van der Waals surface area contributed by atoms with Gasteiger partial charge in [0.15, 0.2) is 0 Å². The minimum Gasteiger partial charge on any atom is -0.446 e. The van der Waals surface area contributed by atoms with Crippen molar-refractivity contribution in [1.29, 1.82) is 0 Å². The molecular formula is C13H15BrN2O3. The largest absolute Gasteiger partial charge is 0.446 e. The lowest BCUT2D eigenvalue weighted by atomic mass is 9.97. The van der Waals surface area contributed by atoms with Crippen molar-refractivity contribution < 1.29 is 9.53 Å². The van der Waals surface area contributed by atoms with E-state index in [4.69, 9.17) is 4.74 Å². The molecule has 0 fully saturated rings. The van der Waals surface area contributed by atoms with Crippen LogP contribution in [0.1, 0.15) is 31.9 Å². The van der Waals surface area contributed by atoms with Crippen LogP contribution in [0.15, 0.2) is 27.8 Å². The van der Waals surface area contributed by atoms with Crippen molar-refractivity contribution in [3.05, 3.63) is 33.1 Å². The first kappa shape index (κ1) is 14.0. The van der Waals surface area contributed by atoms with Gasteiger partial charge < -0.3 is 4.74 Å². The molecule has 0 radical (unpaired) electrons. The smallest absolute Gasteiger partial charge is 0.414 e. The van der Waals surface area contributed by atoms with Crippen LogP contribution in [0, 0.1) is 4.91 Å². The molecule has 0 aliphatic carbocycles. The number of halogens is 1. The molecule has 1 heterocycles. The van der Waals surface area contributed by atoms with E-state index in [1.54, 1.807) is 24.8 Å². The van der Waals surface area contributed by atoms with Crippen molar-refractivity contribution in [1.82, 2.24) is 0 Å². The van der Waals surface area contributed by atoms with E-state index in [-0.39, 0.29) is 12.2 Å². The van der Waals surface area contributed by atoms with Gasteiger partial charge in [-0.25, -0.2) is 4.79 Å². The zero-order valence-electron chi connectivity index (χ0n) is 10.8. The lowest BCUT2D eigenvalue weighted by Crippen LogP contribution is -2.38. The van der Waals surface area contributed by atoms with E-state index < -0.39 is 6.04 Å². The van der Waals surface area contributed by atoms with Crippen LogP contribution in [-0.2, 0) is 4.74 Å². The van der Waals surface area contributed by atoms with Crippen LogP contribution in [-0.4, -0.2) is 18.7 Å². The van der Waals surface area contributed by atoms with E-state index in [0.29, 0.717) is 18.7 Å². The predicted molar refractivity (Wildman–Crippen MR) is 76.3 cm³/mol. The van der Waals surface area contributed by atoms with Crippen LogP contribution in [0.2, 0.25) is 0 Å². The second-order valence-corrected chi connectivity index (χ2v) is 5.61. The molecule has 2 rings (SSSR count). The number of rotatable bonds is 2. The molecule has 6 heteroatoms. The SMILES string of the molecule is CC(C)OC(=O)N1CCC(N=O)c2cc(Br)ccc21. The normalized spacial score (nSPS) is 18.1. The van der Waals surface area contributed by atoms with Crippen LogP contribution in [0.3, 0.4) is 0 Å². The maximum absolute atomic E-state index is 12.0. The van der Waals surface area contributed by atoms with Gasteiger partial charge in [0.05, 0.1) is 11.8 Å². The average Bonchev–Trinajstić information content (AvgIpc) is 2.36. The van der Waals surface area contributed by atoms with Gasteiger partial charge in [0, 0.05) is 16.6 Å². The van der Waals surface area contributed by atoms with Crippen molar-refractivity contribution in [2.75, 3.05) is 11.4 Å². The minimum atomic E-state index is -0.407. The molecule has 19 heavy (non-hydrogen) atoms. The molecule has 1 aromatic carbocycles. The Morgan fingerprint density at radius 1 is 1.53 bits per heavy atom. The maximum atomic E-state index is 12.0. The van der Waals surface area contributed by atoms with Gasteiger partial charge in [0.25, 0.3) is 0 Å². The number of anilines is 1. The average molecular weight is 327 g/mol. The number of amides is 1. The fraction of sp³-hybridized carbons (Fsp3) is 0.462. The molecular weight excluding hydrogens is 312 g/mol. The minimum absolute atomic E-state index is 0.173. The van der Waals surface area contributed by atoms with Gasteiger partial charge in [0.1, 0.15) is 6.04 Å². The van der Waals surface area contributed by atoms with Crippen LogP contribution in [0.25, 0.3) is 0 Å². The van der Waals surface area contributed by atoms with E-state index in [1.807, 2.05) is 12.1 Å². The lowest BCUT2D eigenvalue weighted by molar-refractivity contribution is 0.122. The summed E-state index contributed by atoms with van der Waals surface area (Å²) in [6.45, 7) is 4.05. The number of carbonyl (C=O) groups is 1. The van der Waals surface area contributed by atoms with Gasteiger partial charge in [-0.05, 0) is 38.5 Å². The molecule has 1 atom stereocenters. The molecule has 102 valence electrons. The first-order chi connectivity index (χ1) is 9.02. The van der Waals surface area contributed by atoms with Gasteiger partial charge in [0.2, 0.25) is 0 Å². The van der Waals surface area contributed by atoms with Gasteiger partial charge >= 0.3 is 6.09 Å². The molecule has 1 unspecified atom stereocenters. The summed E-state index contributed by atoms with van der Waals surface area (Å²) in [7, 11) is 0. The summed E-state index contributed by atoms with van der Waals surface area (Å²) < 4.78 is 6.07. The van der Waals surface area contributed by atoms with E-state index in [2.05, 4.69) is 21.1 Å². The number of fused-ring (bicyclic) bond motifs is 1. The summed E-state index contributed by atoms with van der Waals surface area (Å²) in [4.78, 5) is 24.5. The Morgan fingerprint density at radius 3 is 2.89 bits per heavy atom. The highest BCUT2D eigenvalue weighted by molar-refractivity contribution is 9.10. The van der Waals surface area contributed by atoms with Crippen LogP contribution >= 0.6 is 15.9 Å². The third-order valence-corrected chi connectivity index (χ3v) is 3.44. The number of carbonyl (C=O) groups excluding carboxylic acids is 1. The Kier molecular flexibility index (Phi) is 4.19. The molecule has 1 amide bonds. The molecule has 1 aliphatic rings. The molecule has 0 bridgehead atoms. The number of nitrogens with zero attached hydrogens (tertiary/aromatic N) is 2. The van der Waals surface area contributed by atoms with Gasteiger partial charge in [-0.1, -0.05) is 21.1 Å². The summed E-state index contributed by atoms with van der Waals surface area (Å²) in [5.74, 6) is 0. The van der Waals surface area contributed by atoms with Gasteiger partial charge in [-0.15, -0.1) is 0 Å². The molecule has 0 N–H and O–H groups in total. The molecule has 1 aromatic rings. The highest BCUT2D eigenvalue weighted by atomic mass is 79.9. The molecule has 5 nitrogen and oxygen atoms in total. The van der Waals surface area contributed by atoms with Crippen LogP contribution < -0.4 is 4.90 Å². The summed E-state index contributed by atoms with van der Waals surface area (Å²) in [5, 5.41) is 3.14. The maximum Gasteiger partial charge on any atom is 0.414 e. The number of hydrogen-bond acceptors (Lipinski definition) is 4. The summed E-state index contributed by atoms with van der Waals surface area (Å²) in [5.41, 5.74) is 1.46. The molecule has 0 saturated heterocycles. The number of nitroso groups, excluding NO2 is 1. The van der Waals surface area contributed by atoms with Gasteiger partial charge in [-0.3, -0.25) is 4.90 Å².